The average Bonchev–Trinajstić information content (AvgIpc) is 2.29. The maximum absolute atomic E-state index is 10.5. The molecule has 0 heterocycles. The molecule has 0 atom stereocenters. The molecule has 15 heavy (non-hydrogen) atoms. The maximum Gasteiger partial charge on any atom is 0.153 e. The van der Waals surface area contributed by atoms with Crippen LogP contribution in [0.3, 0.4) is 0 Å². The van der Waals surface area contributed by atoms with Crippen LogP contribution >= 0.6 is 0 Å². The second kappa shape index (κ2) is 6.54. The molecule has 0 saturated heterocycles. The Morgan fingerprint density at radius 2 is 2.13 bits per heavy atom. The fourth-order valence-electron chi connectivity index (χ4n) is 1.13. The van der Waals surface area contributed by atoms with Crippen molar-refractivity contribution in [2.45, 2.75) is 6.54 Å². The van der Waals surface area contributed by atoms with Gasteiger partial charge in [-0.15, -0.1) is 0 Å². The number of hydrogen-bond acceptors (Lipinski definition) is 3. The van der Waals surface area contributed by atoms with Gasteiger partial charge in [-0.05, 0) is 5.56 Å². The highest BCUT2D eigenvalue weighted by Crippen LogP contribution is 1.97. The zero-order valence-corrected chi connectivity index (χ0v) is 8.68. The average molecular weight is 202 g/mol. The molecule has 0 fully saturated rings. The Morgan fingerprint density at radius 3 is 2.73 bits per heavy atom. The summed E-state index contributed by atoms with van der Waals surface area (Å²) >= 11 is 0. The van der Waals surface area contributed by atoms with E-state index in [-0.39, 0.29) is 0 Å². The Labute approximate surface area is 89.5 Å². The molecule has 0 aliphatic rings. The largest absolute Gasteiger partial charge is 0.386 e. The lowest BCUT2D eigenvalue weighted by atomic mass is 10.2. The third-order valence-electron chi connectivity index (χ3n) is 1.83. The molecule has 0 aliphatic heterocycles. The van der Waals surface area contributed by atoms with E-state index in [0.717, 1.165) is 6.29 Å². The van der Waals surface area contributed by atoms with Crippen LogP contribution in [0.25, 0.3) is 0 Å². The number of benzene rings is 1. The number of rotatable bonds is 5. The van der Waals surface area contributed by atoms with Gasteiger partial charge in [0, 0.05) is 31.6 Å². The van der Waals surface area contributed by atoms with Crippen LogP contribution in [0.1, 0.15) is 5.56 Å². The van der Waals surface area contributed by atoms with Gasteiger partial charge in [0.1, 0.15) is 0 Å². The standard InChI is InChI=1S/C12H14N2O/c1-13-7-12(10-15)9-14-8-11-5-3-2-4-6-11/h2-7,9-10,14H,8H2,1H3/b12-9+,13-7-. The first-order valence-electron chi connectivity index (χ1n) is 4.71. The molecule has 0 aliphatic carbocycles. The van der Waals surface area contributed by atoms with Gasteiger partial charge in [0.05, 0.1) is 0 Å². The summed E-state index contributed by atoms with van der Waals surface area (Å²) in [5.74, 6) is 0. The predicted molar refractivity (Wildman–Crippen MR) is 61.8 cm³/mol. The van der Waals surface area contributed by atoms with E-state index in [0.29, 0.717) is 12.1 Å². The van der Waals surface area contributed by atoms with Crippen molar-refractivity contribution in [3.63, 3.8) is 0 Å². The minimum absolute atomic E-state index is 0.536. The van der Waals surface area contributed by atoms with Crippen molar-refractivity contribution in [3.8, 4) is 0 Å². The van der Waals surface area contributed by atoms with Gasteiger partial charge in [-0.1, -0.05) is 30.3 Å². The van der Waals surface area contributed by atoms with E-state index in [1.807, 2.05) is 30.3 Å². The molecular formula is C12H14N2O. The molecule has 3 nitrogen and oxygen atoms in total. The molecule has 1 aromatic carbocycles. The van der Waals surface area contributed by atoms with Crippen LogP contribution in [-0.4, -0.2) is 19.5 Å². The summed E-state index contributed by atoms with van der Waals surface area (Å²) in [6, 6.07) is 9.98. The van der Waals surface area contributed by atoms with E-state index in [1.54, 1.807) is 13.2 Å². The normalized spacial score (nSPS) is 11.7. The van der Waals surface area contributed by atoms with E-state index in [4.69, 9.17) is 0 Å². The summed E-state index contributed by atoms with van der Waals surface area (Å²) in [4.78, 5) is 14.3. The number of hydrogen-bond donors (Lipinski definition) is 1. The van der Waals surface area contributed by atoms with Crippen LogP contribution < -0.4 is 5.32 Å². The quantitative estimate of drug-likeness (QED) is 0.447. The first kappa shape index (κ1) is 11.2. The molecule has 0 radical (unpaired) electrons. The van der Waals surface area contributed by atoms with E-state index in [9.17, 15) is 4.79 Å². The zero-order chi connectivity index (χ0) is 10.9. The third-order valence-corrected chi connectivity index (χ3v) is 1.83. The van der Waals surface area contributed by atoms with Gasteiger partial charge in [-0.25, -0.2) is 0 Å². The summed E-state index contributed by atoms with van der Waals surface area (Å²) in [7, 11) is 1.63. The minimum Gasteiger partial charge on any atom is -0.386 e. The van der Waals surface area contributed by atoms with E-state index in [1.165, 1.54) is 11.8 Å². The second-order valence-corrected chi connectivity index (χ2v) is 3.02. The van der Waals surface area contributed by atoms with Crippen LogP contribution in [0.5, 0.6) is 0 Å². The lowest BCUT2D eigenvalue weighted by Crippen LogP contribution is -2.06. The van der Waals surface area contributed by atoms with Gasteiger partial charge in [-0.3, -0.25) is 9.79 Å². The second-order valence-electron chi connectivity index (χ2n) is 3.02. The summed E-state index contributed by atoms with van der Waals surface area (Å²) in [6.07, 6.45) is 3.95. The number of carbonyl (C=O) groups is 1. The Morgan fingerprint density at radius 1 is 1.40 bits per heavy atom. The molecule has 3 heteroatoms. The molecule has 0 aromatic heterocycles. The molecule has 1 aromatic rings. The molecule has 0 spiro atoms. The highest BCUT2D eigenvalue weighted by Gasteiger charge is 1.90. The van der Waals surface area contributed by atoms with Crippen molar-refractivity contribution < 1.29 is 4.79 Å². The van der Waals surface area contributed by atoms with E-state index < -0.39 is 0 Å². The highest BCUT2D eigenvalue weighted by molar-refractivity contribution is 6.01. The number of nitrogens with one attached hydrogen (secondary N) is 1. The molecule has 0 unspecified atom stereocenters. The Balaban J connectivity index is 2.47. The van der Waals surface area contributed by atoms with Crippen LogP contribution in [0.4, 0.5) is 0 Å². The maximum atomic E-state index is 10.5. The summed E-state index contributed by atoms with van der Waals surface area (Å²) in [6.45, 7) is 0.704. The molecule has 0 amide bonds. The third kappa shape index (κ3) is 4.22. The van der Waals surface area contributed by atoms with E-state index >= 15 is 0 Å². The Hall–Kier alpha value is -1.90. The van der Waals surface area contributed by atoms with Crippen molar-refractivity contribution in [2.75, 3.05) is 7.05 Å². The van der Waals surface area contributed by atoms with Gasteiger partial charge in [0.25, 0.3) is 0 Å². The van der Waals surface area contributed by atoms with Crippen molar-refractivity contribution in [1.29, 1.82) is 0 Å². The van der Waals surface area contributed by atoms with Crippen LogP contribution in [0.15, 0.2) is 47.1 Å². The minimum atomic E-state index is 0.536. The van der Waals surface area contributed by atoms with Crippen molar-refractivity contribution in [2.24, 2.45) is 4.99 Å². The number of aldehydes is 1. The highest BCUT2D eigenvalue weighted by atomic mass is 16.1. The number of allylic oxidation sites excluding steroid dienone is 1. The lowest BCUT2D eigenvalue weighted by Gasteiger charge is -2.00. The Bertz CT molecular complexity index is 355. The molecule has 1 N–H and O–H groups in total. The summed E-state index contributed by atoms with van der Waals surface area (Å²) < 4.78 is 0. The van der Waals surface area contributed by atoms with Crippen LogP contribution in [-0.2, 0) is 11.3 Å². The fourth-order valence-corrected chi connectivity index (χ4v) is 1.13. The van der Waals surface area contributed by atoms with Gasteiger partial charge >= 0.3 is 0 Å². The molecule has 0 saturated carbocycles. The lowest BCUT2D eigenvalue weighted by molar-refractivity contribution is -0.104. The first-order chi connectivity index (χ1) is 7.36. The van der Waals surface area contributed by atoms with E-state index in [2.05, 4.69) is 10.3 Å². The number of nitrogens with zero attached hydrogens (tertiary/aromatic N) is 1. The van der Waals surface area contributed by atoms with Gasteiger partial charge in [-0.2, -0.15) is 0 Å². The van der Waals surface area contributed by atoms with Gasteiger partial charge in [0.2, 0.25) is 0 Å². The smallest absolute Gasteiger partial charge is 0.153 e. The number of carbonyl (C=O) groups excluding carboxylic acids is 1. The SMILES string of the molecule is C/N=C\C(C=O)=C/NCc1ccccc1. The first-order valence-corrected chi connectivity index (χ1v) is 4.71. The predicted octanol–water partition coefficient (Wildman–Crippen LogP) is 1.56. The molecule has 0 bridgehead atoms. The topological polar surface area (TPSA) is 41.5 Å². The molecule has 1 rings (SSSR count). The number of aliphatic imine (C=N–C) groups is 1. The van der Waals surface area contributed by atoms with Crippen LogP contribution in [0, 0.1) is 0 Å². The monoisotopic (exact) mass is 202 g/mol. The van der Waals surface area contributed by atoms with Crippen molar-refractivity contribution in [3.05, 3.63) is 47.7 Å². The zero-order valence-electron chi connectivity index (χ0n) is 8.68. The molecular weight excluding hydrogens is 188 g/mol. The summed E-state index contributed by atoms with van der Waals surface area (Å²) in [5.41, 5.74) is 1.71. The summed E-state index contributed by atoms with van der Waals surface area (Å²) in [5, 5.41) is 3.05. The molecule has 78 valence electrons. The van der Waals surface area contributed by atoms with Gasteiger partial charge < -0.3 is 5.32 Å². The van der Waals surface area contributed by atoms with Crippen LogP contribution in [0.2, 0.25) is 0 Å². The van der Waals surface area contributed by atoms with Crippen molar-refractivity contribution >= 4 is 12.5 Å². The van der Waals surface area contributed by atoms with Gasteiger partial charge in [0.15, 0.2) is 6.29 Å². The Kier molecular flexibility index (Phi) is 4.87. The van der Waals surface area contributed by atoms with Crippen molar-refractivity contribution in [1.82, 2.24) is 5.32 Å². The fraction of sp³-hybridized carbons (Fsp3) is 0.167.